The van der Waals surface area contributed by atoms with Gasteiger partial charge in [-0.05, 0) is 36.2 Å². The number of carbonyl (C=O) groups excluding carboxylic acids is 1. The summed E-state index contributed by atoms with van der Waals surface area (Å²) in [5.74, 6) is -1.48. The molecule has 7 heteroatoms. The molecule has 0 fully saturated rings. The Morgan fingerprint density at radius 3 is 2.55 bits per heavy atom. The predicted molar refractivity (Wildman–Crippen MR) is 76.1 cm³/mol. The van der Waals surface area contributed by atoms with E-state index in [1.165, 1.54) is 0 Å². The summed E-state index contributed by atoms with van der Waals surface area (Å²) in [4.78, 5) is 23.1. The molecule has 4 N–H and O–H groups in total. The van der Waals surface area contributed by atoms with E-state index >= 15 is 0 Å². The monoisotopic (exact) mass is 291 g/mol. The van der Waals surface area contributed by atoms with E-state index in [2.05, 4.69) is 9.69 Å². The minimum atomic E-state index is -1.11. The molecule has 1 aromatic carbocycles. The van der Waals surface area contributed by atoms with E-state index < -0.39 is 5.97 Å². The molecule has 2 aromatic rings. The number of carboxylic acids is 1. The zero-order chi connectivity index (χ0) is 14.7. The Morgan fingerprint density at radius 2 is 2.00 bits per heavy atom. The fraction of sp³-hybridized carbons (Fsp3) is 0.154. The van der Waals surface area contributed by atoms with Gasteiger partial charge in [0.2, 0.25) is 0 Å². The van der Waals surface area contributed by atoms with Crippen molar-refractivity contribution in [3.8, 4) is 0 Å². The topological polar surface area (TPSA) is 105 Å². The molecule has 104 valence electrons. The molecule has 0 saturated heterocycles. The van der Waals surface area contributed by atoms with E-state index in [1.807, 2.05) is 0 Å². The van der Waals surface area contributed by atoms with Gasteiger partial charge in [0.05, 0.1) is 5.69 Å². The van der Waals surface area contributed by atoms with E-state index in [9.17, 15) is 9.59 Å². The minimum absolute atomic E-state index is 0.0296. The Labute approximate surface area is 119 Å². The molecule has 1 heterocycles. The highest BCUT2D eigenvalue weighted by Gasteiger charge is 2.19. The SMILES string of the molecule is Cc1nsc(NC(=O)c2ccc(CN)cc2)c1C(=O)O. The standard InChI is InChI=1S/C13H13N3O3S/c1-7-10(13(18)19)12(20-16-7)15-11(17)9-4-2-8(6-14)3-5-9/h2-5H,6,14H2,1H3,(H,15,17)(H,18,19). The maximum Gasteiger partial charge on any atom is 0.340 e. The molecule has 0 bridgehead atoms. The first-order chi connectivity index (χ1) is 9.52. The van der Waals surface area contributed by atoms with Crippen molar-refractivity contribution in [2.75, 3.05) is 5.32 Å². The maximum absolute atomic E-state index is 12.0. The van der Waals surface area contributed by atoms with Crippen LogP contribution >= 0.6 is 11.5 Å². The van der Waals surface area contributed by atoms with Crippen LogP contribution in [0.5, 0.6) is 0 Å². The fourth-order valence-electron chi connectivity index (χ4n) is 1.67. The first kappa shape index (κ1) is 14.2. The lowest BCUT2D eigenvalue weighted by Gasteiger charge is -2.04. The number of amides is 1. The molecule has 6 nitrogen and oxygen atoms in total. The Bertz CT molecular complexity index is 649. The van der Waals surface area contributed by atoms with Crippen LogP contribution in [0.15, 0.2) is 24.3 Å². The highest BCUT2D eigenvalue weighted by molar-refractivity contribution is 7.11. The summed E-state index contributed by atoms with van der Waals surface area (Å²) in [5, 5.41) is 11.9. The van der Waals surface area contributed by atoms with Crippen molar-refractivity contribution in [1.29, 1.82) is 0 Å². The quantitative estimate of drug-likeness (QED) is 0.797. The van der Waals surface area contributed by atoms with Crippen molar-refractivity contribution >= 4 is 28.4 Å². The van der Waals surface area contributed by atoms with Gasteiger partial charge in [-0.15, -0.1) is 0 Å². The summed E-state index contributed by atoms with van der Waals surface area (Å²) in [6, 6.07) is 6.80. The summed E-state index contributed by atoms with van der Waals surface area (Å²) in [5.41, 5.74) is 7.25. The van der Waals surface area contributed by atoms with Gasteiger partial charge < -0.3 is 16.2 Å². The van der Waals surface area contributed by atoms with Crippen molar-refractivity contribution in [2.45, 2.75) is 13.5 Å². The number of aryl methyl sites for hydroxylation is 1. The van der Waals surface area contributed by atoms with Gasteiger partial charge >= 0.3 is 5.97 Å². The van der Waals surface area contributed by atoms with E-state index in [-0.39, 0.29) is 16.5 Å². The summed E-state index contributed by atoms with van der Waals surface area (Å²) >= 11 is 0.952. The normalized spacial score (nSPS) is 10.3. The molecule has 0 saturated carbocycles. The van der Waals surface area contributed by atoms with Crippen molar-refractivity contribution in [3.63, 3.8) is 0 Å². The van der Waals surface area contributed by atoms with Crippen molar-refractivity contribution in [1.82, 2.24) is 4.37 Å². The highest BCUT2D eigenvalue weighted by atomic mass is 32.1. The number of carbonyl (C=O) groups is 2. The molecule has 0 aliphatic heterocycles. The molecular weight excluding hydrogens is 278 g/mol. The number of nitrogens with zero attached hydrogens (tertiary/aromatic N) is 1. The third kappa shape index (κ3) is 2.84. The van der Waals surface area contributed by atoms with Gasteiger partial charge in [-0.2, -0.15) is 4.37 Å². The third-order valence-corrected chi connectivity index (χ3v) is 3.61. The number of carboxylic acid groups (broad SMARTS) is 1. The van der Waals surface area contributed by atoms with E-state index in [4.69, 9.17) is 10.8 Å². The van der Waals surface area contributed by atoms with Crippen LogP contribution in [0.2, 0.25) is 0 Å². The molecule has 1 aromatic heterocycles. The first-order valence-corrected chi connectivity index (χ1v) is 6.60. The number of hydrogen-bond acceptors (Lipinski definition) is 5. The molecule has 20 heavy (non-hydrogen) atoms. The Hall–Kier alpha value is -2.25. The van der Waals surface area contributed by atoms with Crippen LogP contribution < -0.4 is 11.1 Å². The van der Waals surface area contributed by atoms with E-state index in [0.29, 0.717) is 17.8 Å². The molecular formula is C13H13N3O3S. The lowest BCUT2D eigenvalue weighted by atomic mass is 10.1. The Kier molecular flexibility index (Phi) is 4.11. The molecule has 0 atom stereocenters. The molecule has 1 amide bonds. The summed E-state index contributed by atoms with van der Waals surface area (Å²) in [6.07, 6.45) is 0. The number of nitrogens with one attached hydrogen (secondary N) is 1. The Morgan fingerprint density at radius 1 is 1.35 bits per heavy atom. The number of nitrogens with two attached hydrogens (primary N) is 1. The molecule has 0 aliphatic rings. The number of benzene rings is 1. The van der Waals surface area contributed by atoms with Crippen molar-refractivity contribution in [2.24, 2.45) is 5.73 Å². The van der Waals surface area contributed by atoms with Gasteiger partial charge in [-0.3, -0.25) is 4.79 Å². The summed E-state index contributed by atoms with van der Waals surface area (Å²) < 4.78 is 3.94. The molecule has 0 aliphatic carbocycles. The largest absolute Gasteiger partial charge is 0.478 e. The smallest absolute Gasteiger partial charge is 0.340 e. The lowest BCUT2D eigenvalue weighted by Crippen LogP contribution is -2.13. The lowest BCUT2D eigenvalue weighted by molar-refractivity contribution is 0.0697. The average molecular weight is 291 g/mol. The second-order valence-electron chi connectivity index (χ2n) is 4.13. The number of aromatic carboxylic acids is 1. The molecule has 0 spiro atoms. The second-order valence-corrected chi connectivity index (χ2v) is 4.91. The predicted octanol–water partition coefficient (Wildman–Crippen LogP) is 1.86. The van der Waals surface area contributed by atoms with Crippen LogP contribution in [0.1, 0.15) is 32.0 Å². The van der Waals surface area contributed by atoms with Crippen LogP contribution in [-0.4, -0.2) is 21.4 Å². The van der Waals surface area contributed by atoms with Crippen LogP contribution in [0, 0.1) is 6.92 Å². The van der Waals surface area contributed by atoms with Crippen LogP contribution in [0.25, 0.3) is 0 Å². The summed E-state index contributed by atoms with van der Waals surface area (Å²) in [7, 11) is 0. The number of anilines is 1. The molecule has 0 radical (unpaired) electrons. The van der Waals surface area contributed by atoms with E-state index in [1.54, 1.807) is 31.2 Å². The average Bonchev–Trinajstić information content (AvgIpc) is 2.79. The highest BCUT2D eigenvalue weighted by Crippen LogP contribution is 2.25. The zero-order valence-corrected chi connectivity index (χ0v) is 11.5. The van der Waals surface area contributed by atoms with Gasteiger partial charge in [0.1, 0.15) is 10.6 Å². The van der Waals surface area contributed by atoms with Gasteiger partial charge in [0.15, 0.2) is 0 Å². The number of rotatable bonds is 4. The number of hydrogen-bond donors (Lipinski definition) is 3. The van der Waals surface area contributed by atoms with Gasteiger partial charge in [0.25, 0.3) is 5.91 Å². The van der Waals surface area contributed by atoms with Gasteiger partial charge in [-0.25, -0.2) is 4.79 Å². The van der Waals surface area contributed by atoms with E-state index in [0.717, 1.165) is 17.1 Å². The summed E-state index contributed by atoms with van der Waals surface area (Å²) in [6.45, 7) is 1.99. The van der Waals surface area contributed by atoms with Crippen LogP contribution in [0.4, 0.5) is 5.00 Å². The van der Waals surface area contributed by atoms with Crippen molar-refractivity contribution < 1.29 is 14.7 Å². The maximum atomic E-state index is 12.0. The third-order valence-electron chi connectivity index (χ3n) is 2.76. The molecule has 0 unspecified atom stereocenters. The minimum Gasteiger partial charge on any atom is -0.478 e. The number of aromatic nitrogens is 1. The zero-order valence-electron chi connectivity index (χ0n) is 10.7. The van der Waals surface area contributed by atoms with Gasteiger partial charge in [-0.1, -0.05) is 12.1 Å². The fourth-order valence-corrected chi connectivity index (χ4v) is 2.46. The van der Waals surface area contributed by atoms with Crippen LogP contribution in [0.3, 0.4) is 0 Å². The second kappa shape index (κ2) is 5.81. The Balaban J connectivity index is 2.21. The van der Waals surface area contributed by atoms with Crippen LogP contribution in [-0.2, 0) is 6.54 Å². The first-order valence-electron chi connectivity index (χ1n) is 5.83. The van der Waals surface area contributed by atoms with Gasteiger partial charge in [0, 0.05) is 12.1 Å². The molecule has 2 rings (SSSR count). The van der Waals surface area contributed by atoms with Crippen molar-refractivity contribution in [3.05, 3.63) is 46.6 Å².